The van der Waals surface area contributed by atoms with E-state index in [4.69, 9.17) is 4.74 Å². The van der Waals surface area contributed by atoms with Crippen molar-refractivity contribution in [3.05, 3.63) is 10.6 Å². The summed E-state index contributed by atoms with van der Waals surface area (Å²) in [5.41, 5.74) is 0.730. The lowest BCUT2D eigenvalue weighted by Gasteiger charge is -2.05. The maximum absolute atomic E-state index is 11.3. The molecule has 0 fully saturated rings. The van der Waals surface area contributed by atoms with Gasteiger partial charge in [0, 0.05) is 28.1 Å². The van der Waals surface area contributed by atoms with Crippen LogP contribution in [0.1, 0.15) is 22.3 Å². The van der Waals surface area contributed by atoms with E-state index in [0.29, 0.717) is 11.5 Å². The van der Waals surface area contributed by atoms with Gasteiger partial charge in [0.2, 0.25) is 0 Å². The lowest BCUT2D eigenvalue weighted by atomic mass is 10.3. The van der Waals surface area contributed by atoms with Crippen molar-refractivity contribution in [2.24, 2.45) is 0 Å². The van der Waals surface area contributed by atoms with Crippen molar-refractivity contribution in [2.75, 3.05) is 26.1 Å². The molecule has 1 aromatic rings. The highest BCUT2D eigenvalue weighted by atomic mass is 32.1. The smallest absolute Gasteiger partial charge is 0.185 e. The second-order valence-electron chi connectivity index (χ2n) is 3.16. The van der Waals surface area contributed by atoms with Gasteiger partial charge in [-0.3, -0.25) is 4.79 Å². The molecular formula is C9H14N2O2S. The first-order chi connectivity index (χ1) is 6.56. The van der Waals surface area contributed by atoms with E-state index in [-0.39, 0.29) is 5.78 Å². The van der Waals surface area contributed by atoms with Crippen LogP contribution < -0.4 is 4.90 Å². The van der Waals surface area contributed by atoms with Gasteiger partial charge < -0.3 is 9.64 Å². The Labute approximate surface area is 87.5 Å². The van der Waals surface area contributed by atoms with E-state index in [0.717, 1.165) is 10.8 Å². The average molecular weight is 214 g/mol. The fraction of sp³-hybridized carbons (Fsp3) is 0.556. The zero-order chi connectivity index (χ0) is 10.7. The van der Waals surface area contributed by atoms with Crippen molar-refractivity contribution in [2.45, 2.75) is 13.5 Å². The van der Waals surface area contributed by atoms with Crippen molar-refractivity contribution in [1.82, 2.24) is 4.98 Å². The Kier molecular flexibility index (Phi) is 3.60. The lowest BCUT2D eigenvalue weighted by molar-refractivity contribution is 0.101. The number of carbonyl (C=O) groups is 1. The highest BCUT2D eigenvalue weighted by Gasteiger charge is 2.15. The molecule has 0 atom stereocenters. The van der Waals surface area contributed by atoms with Gasteiger partial charge in [0.05, 0.1) is 17.2 Å². The molecule has 0 radical (unpaired) electrons. The largest absolute Gasteiger partial charge is 0.378 e. The van der Waals surface area contributed by atoms with Gasteiger partial charge in [-0.2, -0.15) is 0 Å². The second kappa shape index (κ2) is 4.52. The van der Waals surface area contributed by atoms with Crippen molar-refractivity contribution in [3.63, 3.8) is 0 Å². The third-order valence-corrected chi connectivity index (χ3v) is 3.04. The molecule has 0 aliphatic rings. The summed E-state index contributed by atoms with van der Waals surface area (Å²) in [5, 5.41) is 0.835. The number of ether oxygens (including phenoxy) is 1. The lowest BCUT2D eigenvalue weighted by Crippen LogP contribution is -2.08. The maximum Gasteiger partial charge on any atom is 0.185 e. The second-order valence-corrected chi connectivity index (χ2v) is 4.13. The van der Waals surface area contributed by atoms with Crippen LogP contribution in [0.3, 0.4) is 0 Å². The van der Waals surface area contributed by atoms with E-state index in [2.05, 4.69) is 4.98 Å². The molecule has 14 heavy (non-hydrogen) atoms. The molecule has 0 aliphatic heterocycles. The summed E-state index contributed by atoms with van der Waals surface area (Å²) in [6.07, 6.45) is 0. The molecule has 5 heteroatoms. The van der Waals surface area contributed by atoms with Gasteiger partial charge >= 0.3 is 0 Å². The molecule has 1 rings (SSSR count). The van der Waals surface area contributed by atoms with Gasteiger partial charge in [0.25, 0.3) is 0 Å². The number of carbonyl (C=O) groups excluding carboxylic acids is 1. The quantitative estimate of drug-likeness (QED) is 0.713. The predicted molar refractivity (Wildman–Crippen MR) is 57.2 cm³/mol. The fourth-order valence-electron chi connectivity index (χ4n) is 1.04. The highest BCUT2D eigenvalue weighted by Crippen LogP contribution is 2.25. The summed E-state index contributed by atoms with van der Waals surface area (Å²) in [7, 11) is 5.40. The van der Waals surface area contributed by atoms with Crippen LogP contribution in [0.2, 0.25) is 0 Å². The number of thiazole rings is 1. The molecule has 78 valence electrons. The number of rotatable bonds is 4. The Bertz CT molecular complexity index is 334. The number of anilines is 1. The summed E-state index contributed by atoms with van der Waals surface area (Å²) in [6.45, 7) is 1.94. The summed E-state index contributed by atoms with van der Waals surface area (Å²) in [5.74, 6) is 0.0441. The van der Waals surface area contributed by atoms with Crippen LogP contribution in [-0.2, 0) is 11.3 Å². The summed E-state index contributed by atoms with van der Waals surface area (Å²) in [6, 6.07) is 0. The molecule has 0 bridgehead atoms. The molecular weight excluding hydrogens is 200 g/mol. The van der Waals surface area contributed by atoms with Crippen LogP contribution in [-0.4, -0.2) is 32.0 Å². The van der Waals surface area contributed by atoms with Crippen LogP contribution in [0.5, 0.6) is 0 Å². The Morgan fingerprint density at radius 1 is 1.57 bits per heavy atom. The Morgan fingerprint density at radius 3 is 2.64 bits per heavy atom. The molecule has 0 spiro atoms. The molecule has 0 saturated heterocycles. The predicted octanol–water partition coefficient (Wildman–Crippen LogP) is 1.56. The van der Waals surface area contributed by atoms with E-state index in [1.165, 1.54) is 11.3 Å². The van der Waals surface area contributed by atoms with Crippen molar-refractivity contribution >= 4 is 22.3 Å². The molecule has 1 aromatic heterocycles. The number of hydrogen-bond donors (Lipinski definition) is 0. The molecule has 0 aliphatic carbocycles. The number of ketones is 1. The molecule has 0 N–H and O–H groups in total. The van der Waals surface area contributed by atoms with Crippen molar-refractivity contribution in [3.8, 4) is 0 Å². The van der Waals surface area contributed by atoms with Crippen molar-refractivity contribution < 1.29 is 9.53 Å². The van der Waals surface area contributed by atoms with Gasteiger partial charge in [0.15, 0.2) is 10.9 Å². The topological polar surface area (TPSA) is 42.4 Å². The first kappa shape index (κ1) is 11.1. The molecule has 0 saturated carbocycles. The zero-order valence-corrected chi connectivity index (χ0v) is 9.64. The summed E-state index contributed by atoms with van der Waals surface area (Å²) < 4.78 is 4.99. The average Bonchev–Trinajstić information content (AvgIpc) is 2.49. The Hall–Kier alpha value is -0.940. The summed E-state index contributed by atoms with van der Waals surface area (Å²) in [4.78, 5) is 18.2. The Balaban J connectivity index is 3.05. The van der Waals surface area contributed by atoms with E-state index in [1.807, 2.05) is 19.0 Å². The van der Waals surface area contributed by atoms with Crippen LogP contribution >= 0.6 is 11.3 Å². The molecule has 0 aromatic carbocycles. The number of Topliss-reactive ketones (excluding diaryl/α,β-unsaturated/α-hetero) is 1. The highest BCUT2D eigenvalue weighted by molar-refractivity contribution is 7.17. The molecule has 4 nitrogen and oxygen atoms in total. The molecule has 1 heterocycles. The minimum atomic E-state index is 0.0441. The van der Waals surface area contributed by atoms with E-state index >= 15 is 0 Å². The molecule has 0 unspecified atom stereocenters. The van der Waals surface area contributed by atoms with Gasteiger partial charge in [0.1, 0.15) is 0 Å². The third-order valence-electron chi connectivity index (χ3n) is 1.67. The first-order valence-corrected chi connectivity index (χ1v) is 5.04. The van der Waals surface area contributed by atoms with E-state index in [1.54, 1.807) is 14.0 Å². The maximum atomic E-state index is 11.3. The standard InChI is InChI=1S/C9H14N2O2S/c1-6(12)8-7(5-13-4)10-9(14-8)11(2)3/h5H2,1-4H3. The number of hydrogen-bond acceptors (Lipinski definition) is 5. The normalized spacial score (nSPS) is 10.3. The number of aromatic nitrogens is 1. The van der Waals surface area contributed by atoms with E-state index < -0.39 is 0 Å². The molecule has 0 amide bonds. The SMILES string of the molecule is COCc1nc(N(C)C)sc1C(C)=O. The minimum absolute atomic E-state index is 0.0441. The minimum Gasteiger partial charge on any atom is -0.378 e. The number of methoxy groups -OCH3 is 1. The number of nitrogens with zero attached hydrogens (tertiary/aromatic N) is 2. The third kappa shape index (κ3) is 2.30. The van der Waals surface area contributed by atoms with Gasteiger partial charge in [-0.15, -0.1) is 0 Å². The fourth-order valence-corrected chi connectivity index (χ4v) is 1.93. The Morgan fingerprint density at radius 2 is 2.21 bits per heavy atom. The van der Waals surface area contributed by atoms with Gasteiger partial charge in [-0.25, -0.2) is 4.98 Å². The van der Waals surface area contributed by atoms with Crippen LogP contribution in [0.25, 0.3) is 0 Å². The first-order valence-electron chi connectivity index (χ1n) is 4.23. The van der Waals surface area contributed by atoms with Crippen molar-refractivity contribution in [1.29, 1.82) is 0 Å². The van der Waals surface area contributed by atoms with E-state index in [9.17, 15) is 4.79 Å². The van der Waals surface area contributed by atoms with Gasteiger partial charge in [-0.1, -0.05) is 11.3 Å². The van der Waals surface area contributed by atoms with Crippen LogP contribution in [0.15, 0.2) is 0 Å². The van der Waals surface area contributed by atoms with Gasteiger partial charge in [-0.05, 0) is 0 Å². The van der Waals surface area contributed by atoms with Crippen LogP contribution in [0, 0.1) is 0 Å². The zero-order valence-electron chi connectivity index (χ0n) is 8.83. The summed E-state index contributed by atoms with van der Waals surface area (Å²) >= 11 is 1.40. The van der Waals surface area contributed by atoms with Crippen LogP contribution in [0.4, 0.5) is 5.13 Å². The monoisotopic (exact) mass is 214 g/mol.